The van der Waals surface area contributed by atoms with Gasteiger partial charge in [-0.2, -0.15) is 0 Å². The van der Waals surface area contributed by atoms with Gasteiger partial charge >= 0.3 is 0 Å². The Morgan fingerprint density at radius 3 is 3.38 bits per heavy atom. The molecule has 0 fully saturated rings. The summed E-state index contributed by atoms with van der Waals surface area (Å²) in [5, 5.41) is 0. The first-order valence-electron chi connectivity index (χ1n) is 2.22. The summed E-state index contributed by atoms with van der Waals surface area (Å²) in [6.07, 6.45) is 3.98. The molecule has 0 aliphatic heterocycles. The van der Waals surface area contributed by atoms with E-state index in [1.807, 2.05) is 0 Å². The zero-order valence-corrected chi connectivity index (χ0v) is 3.97. The summed E-state index contributed by atoms with van der Waals surface area (Å²) in [7, 11) is 0. The molecule has 38 valence electrons. The van der Waals surface area contributed by atoms with Crippen molar-refractivity contribution in [1.29, 1.82) is 0 Å². The van der Waals surface area contributed by atoms with Crippen LogP contribution in [0.1, 0.15) is 0 Å². The lowest BCUT2D eigenvalue weighted by atomic mass is 10.5. The van der Waals surface area contributed by atoms with Gasteiger partial charge in [-0.1, -0.05) is 0 Å². The molecular formula is C6H2O2. The highest BCUT2D eigenvalue weighted by molar-refractivity contribution is 5.68. The van der Waals surface area contributed by atoms with E-state index in [0.717, 1.165) is 0 Å². The maximum Gasteiger partial charge on any atom is 0.182 e. The molecule has 0 bridgehead atoms. The van der Waals surface area contributed by atoms with Gasteiger partial charge in [0.25, 0.3) is 0 Å². The van der Waals surface area contributed by atoms with Crippen LogP contribution in [0.25, 0.3) is 11.2 Å². The first kappa shape index (κ1) is 3.78. The molecule has 0 amide bonds. The molecule has 0 spiro atoms. The standard InChI is InChI=1S/C6H2O2/c1-3-7-6-2-4-8-5(1)6/h1,3H. The van der Waals surface area contributed by atoms with Crippen LogP contribution in [-0.2, 0) is 0 Å². The van der Waals surface area contributed by atoms with Gasteiger partial charge in [-0.15, -0.1) is 0 Å². The minimum absolute atomic E-state index is 0.630. The highest BCUT2D eigenvalue weighted by atomic mass is 16.4. The van der Waals surface area contributed by atoms with Gasteiger partial charge in [0.1, 0.15) is 0 Å². The van der Waals surface area contributed by atoms with Gasteiger partial charge in [-0.05, 0) is 0 Å². The van der Waals surface area contributed by atoms with E-state index >= 15 is 0 Å². The van der Waals surface area contributed by atoms with Crippen molar-refractivity contribution < 1.29 is 8.83 Å². The Morgan fingerprint density at radius 2 is 2.50 bits per heavy atom. The lowest BCUT2D eigenvalue weighted by Crippen LogP contribution is -1.39. The third-order valence-electron chi connectivity index (χ3n) is 0.955. The van der Waals surface area contributed by atoms with Gasteiger partial charge in [0.15, 0.2) is 17.4 Å². The van der Waals surface area contributed by atoms with E-state index in [0.29, 0.717) is 11.2 Å². The Balaban J connectivity index is 3.06. The molecule has 8 heavy (non-hydrogen) atoms. The fraction of sp³-hybridized carbons (Fsp3) is 0. The highest BCUT2D eigenvalue weighted by Gasteiger charge is 1.96. The van der Waals surface area contributed by atoms with Gasteiger partial charge in [0, 0.05) is 6.07 Å². The minimum atomic E-state index is 0.630. The van der Waals surface area contributed by atoms with Crippen molar-refractivity contribution in [2.75, 3.05) is 0 Å². The molecule has 2 radical (unpaired) electrons. The Bertz CT molecular complexity index is 228. The molecule has 2 nitrogen and oxygen atoms in total. The summed E-state index contributed by atoms with van der Waals surface area (Å²) in [5.74, 6) is 0. The van der Waals surface area contributed by atoms with Gasteiger partial charge < -0.3 is 8.83 Å². The first-order chi connectivity index (χ1) is 3.97. The van der Waals surface area contributed by atoms with Crippen molar-refractivity contribution in [3.8, 4) is 0 Å². The largest absolute Gasteiger partial charge is 0.460 e. The van der Waals surface area contributed by atoms with Crippen LogP contribution in [0.2, 0.25) is 0 Å². The lowest BCUT2D eigenvalue weighted by molar-refractivity contribution is 0.603. The number of fused-ring (bicyclic) bond motifs is 1. The van der Waals surface area contributed by atoms with Crippen molar-refractivity contribution in [3.05, 3.63) is 24.7 Å². The predicted octanol–water partition coefficient (Wildman–Crippen LogP) is 1.63. The van der Waals surface area contributed by atoms with Crippen molar-refractivity contribution in [2.45, 2.75) is 0 Å². The Morgan fingerprint density at radius 1 is 1.50 bits per heavy atom. The van der Waals surface area contributed by atoms with Crippen LogP contribution >= 0.6 is 0 Å². The maximum absolute atomic E-state index is 4.88. The third-order valence-corrected chi connectivity index (χ3v) is 0.955. The molecule has 0 aliphatic carbocycles. The second-order valence-electron chi connectivity index (χ2n) is 1.44. The number of rotatable bonds is 0. The van der Waals surface area contributed by atoms with E-state index < -0.39 is 0 Å². The average Bonchev–Trinajstić information content (AvgIpc) is 2.15. The molecule has 0 unspecified atom stereocenters. The molecular weight excluding hydrogens is 104 g/mol. The minimum Gasteiger partial charge on any atom is -0.460 e. The van der Waals surface area contributed by atoms with Crippen molar-refractivity contribution >= 4 is 11.2 Å². The van der Waals surface area contributed by atoms with E-state index in [1.54, 1.807) is 12.3 Å². The Kier molecular flexibility index (Phi) is 0.545. The molecule has 0 aromatic carbocycles. The molecule has 0 saturated carbocycles. The lowest BCUT2D eigenvalue weighted by Gasteiger charge is -1.63. The molecule has 0 N–H and O–H groups in total. The number of hydrogen-bond acceptors (Lipinski definition) is 2. The topological polar surface area (TPSA) is 26.3 Å². The SMILES string of the molecule is [c]1[c]c2occc2o1. The normalized spacial score (nSPS) is 10.5. The summed E-state index contributed by atoms with van der Waals surface area (Å²) in [6, 6.07) is 4.37. The average molecular weight is 106 g/mol. The van der Waals surface area contributed by atoms with Crippen LogP contribution in [0.15, 0.2) is 21.2 Å². The van der Waals surface area contributed by atoms with Crippen LogP contribution in [0.5, 0.6) is 0 Å². The highest BCUT2D eigenvalue weighted by Crippen LogP contribution is 2.13. The van der Waals surface area contributed by atoms with Gasteiger partial charge in [0.05, 0.1) is 12.3 Å². The fourth-order valence-electron chi connectivity index (χ4n) is 0.596. The second kappa shape index (κ2) is 1.15. The molecule has 0 atom stereocenters. The van der Waals surface area contributed by atoms with Gasteiger partial charge in [0.2, 0.25) is 0 Å². The van der Waals surface area contributed by atoms with E-state index in [2.05, 4.69) is 12.3 Å². The van der Waals surface area contributed by atoms with Crippen LogP contribution in [0, 0.1) is 12.3 Å². The number of furan rings is 2. The van der Waals surface area contributed by atoms with E-state index in [9.17, 15) is 0 Å². The van der Waals surface area contributed by atoms with E-state index in [4.69, 9.17) is 8.83 Å². The molecule has 2 heterocycles. The molecule has 0 aliphatic rings. The summed E-state index contributed by atoms with van der Waals surface area (Å²) in [6.45, 7) is 0. The zero-order chi connectivity index (χ0) is 5.40. The van der Waals surface area contributed by atoms with Crippen molar-refractivity contribution in [3.63, 3.8) is 0 Å². The van der Waals surface area contributed by atoms with Crippen molar-refractivity contribution in [1.82, 2.24) is 0 Å². The smallest absolute Gasteiger partial charge is 0.182 e. The van der Waals surface area contributed by atoms with Crippen LogP contribution < -0.4 is 0 Å². The first-order valence-corrected chi connectivity index (χ1v) is 2.22. The predicted molar refractivity (Wildman–Crippen MR) is 26.2 cm³/mol. The quantitative estimate of drug-likeness (QED) is 0.510. The molecule has 2 rings (SSSR count). The monoisotopic (exact) mass is 106 g/mol. The zero-order valence-electron chi connectivity index (χ0n) is 3.97. The maximum atomic E-state index is 4.88. The Hall–Kier alpha value is -1.18. The summed E-state index contributed by atoms with van der Waals surface area (Å²) >= 11 is 0. The van der Waals surface area contributed by atoms with Gasteiger partial charge in [-0.3, -0.25) is 0 Å². The third kappa shape index (κ3) is 0.320. The van der Waals surface area contributed by atoms with Crippen LogP contribution in [-0.4, -0.2) is 0 Å². The summed E-state index contributed by atoms with van der Waals surface area (Å²) < 4.78 is 9.66. The Labute approximate surface area is 45.7 Å². The van der Waals surface area contributed by atoms with Crippen molar-refractivity contribution in [2.24, 2.45) is 0 Å². The molecule has 2 aromatic heterocycles. The fourth-order valence-corrected chi connectivity index (χ4v) is 0.596. The van der Waals surface area contributed by atoms with E-state index in [-0.39, 0.29) is 0 Å². The van der Waals surface area contributed by atoms with Crippen LogP contribution in [0.4, 0.5) is 0 Å². The van der Waals surface area contributed by atoms with Gasteiger partial charge in [-0.25, -0.2) is 0 Å². The number of hydrogen-bond donors (Lipinski definition) is 0. The van der Waals surface area contributed by atoms with E-state index in [1.165, 1.54) is 0 Å². The summed E-state index contributed by atoms with van der Waals surface area (Å²) in [4.78, 5) is 0. The molecule has 0 saturated heterocycles. The summed E-state index contributed by atoms with van der Waals surface area (Å²) in [5.41, 5.74) is 1.33. The molecule has 2 aromatic rings. The molecule has 2 heteroatoms. The van der Waals surface area contributed by atoms with Crippen LogP contribution in [0.3, 0.4) is 0 Å². The second-order valence-corrected chi connectivity index (χ2v) is 1.44.